The molecule has 1 aromatic carbocycles. The molecule has 0 aromatic heterocycles. The first-order chi connectivity index (χ1) is 13.7. The zero-order valence-electron chi connectivity index (χ0n) is 18.1. The van der Waals surface area contributed by atoms with Crippen LogP contribution in [0.3, 0.4) is 0 Å². The normalized spacial score (nSPS) is 25.1. The van der Waals surface area contributed by atoms with E-state index in [1.54, 1.807) is 6.07 Å². The van der Waals surface area contributed by atoms with E-state index in [-0.39, 0.29) is 23.1 Å². The summed E-state index contributed by atoms with van der Waals surface area (Å²) < 4.78 is 28.5. The standard InChI is InChI=1S/C24H36F2N2O/c1-23(2,3)12-14-28-13-9-18(21(26)17-28)16-27-22(29)24(10-4-5-11-24)19-7-6-8-20(25)15-19/h6-8,15,18,21H,4-5,9-14,16-17H2,1-3H3,(H,27,29)/t18-,21-/m0/s1. The lowest BCUT2D eigenvalue weighted by molar-refractivity contribution is -0.127. The highest BCUT2D eigenvalue weighted by atomic mass is 19.1. The Hall–Kier alpha value is -1.49. The summed E-state index contributed by atoms with van der Waals surface area (Å²) in [6, 6.07) is 6.41. The van der Waals surface area contributed by atoms with Crippen molar-refractivity contribution in [2.24, 2.45) is 11.3 Å². The number of hydrogen-bond donors (Lipinski definition) is 1. The quantitative estimate of drug-likeness (QED) is 0.732. The Bertz CT molecular complexity index is 694. The largest absolute Gasteiger partial charge is 0.355 e. The van der Waals surface area contributed by atoms with Crippen LogP contribution < -0.4 is 5.32 Å². The van der Waals surface area contributed by atoms with Gasteiger partial charge in [-0.3, -0.25) is 4.79 Å². The minimum Gasteiger partial charge on any atom is -0.355 e. The lowest BCUT2D eigenvalue weighted by atomic mass is 9.77. The van der Waals surface area contributed by atoms with Gasteiger partial charge in [-0.25, -0.2) is 8.78 Å². The molecule has 1 heterocycles. The van der Waals surface area contributed by atoms with Crippen LogP contribution in [0.1, 0.15) is 64.9 Å². The number of piperidine rings is 1. The molecule has 0 spiro atoms. The van der Waals surface area contributed by atoms with Gasteiger partial charge in [0, 0.05) is 19.0 Å². The SMILES string of the molecule is CC(C)(C)CCN1CC[C@@H](CNC(=O)C2(c3cccc(F)c3)CCCC2)[C@@H](F)C1. The highest BCUT2D eigenvalue weighted by molar-refractivity contribution is 5.88. The van der Waals surface area contributed by atoms with Crippen LogP contribution in [0.25, 0.3) is 0 Å². The maximum Gasteiger partial charge on any atom is 0.230 e. The summed E-state index contributed by atoms with van der Waals surface area (Å²) in [5, 5.41) is 3.03. The van der Waals surface area contributed by atoms with Crippen molar-refractivity contribution in [3.05, 3.63) is 35.6 Å². The van der Waals surface area contributed by atoms with E-state index in [2.05, 4.69) is 31.0 Å². The Balaban J connectivity index is 1.56. The predicted octanol–water partition coefficient (Wildman–Crippen LogP) is 4.85. The van der Waals surface area contributed by atoms with Gasteiger partial charge in [0.2, 0.25) is 5.91 Å². The molecular formula is C24H36F2N2O. The van der Waals surface area contributed by atoms with E-state index in [0.717, 1.165) is 57.2 Å². The van der Waals surface area contributed by atoms with Crippen molar-refractivity contribution in [2.45, 2.75) is 70.9 Å². The smallest absolute Gasteiger partial charge is 0.230 e. The number of benzene rings is 1. The molecule has 0 unspecified atom stereocenters. The lowest BCUT2D eigenvalue weighted by Crippen LogP contribution is -2.49. The minimum atomic E-state index is -0.919. The van der Waals surface area contributed by atoms with Gasteiger partial charge < -0.3 is 10.2 Å². The van der Waals surface area contributed by atoms with Gasteiger partial charge in [-0.2, -0.15) is 0 Å². The van der Waals surface area contributed by atoms with Crippen LogP contribution in [-0.2, 0) is 10.2 Å². The average Bonchev–Trinajstić information content (AvgIpc) is 3.16. The van der Waals surface area contributed by atoms with Crippen LogP contribution in [0.5, 0.6) is 0 Å². The monoisotopic (exact) mass is 406 g/mol. The lowest BCUT2D eigenvalue weighted by Gasteiger charge is -2.36. The van der Waals surface area contributed by atoms with Gasteiger partial charge in [-0.1, -0.05) is 45.7 Å². The number of nitrogens with one attached hydrogen (secondary N) is 1. The Morgan fingerprint density at radius 3 is 2.62 bits per heavy atom. The fourth-order valence-electron chi connectivity index (χ4n) is 4.75. The number of likely N-dealkylation sites (tertiary alicyclic amines) is 1. The van der Waals surface area contributed by atoms with E-state index < -0.39 is 11.6 Å². The van der Waals surface area contributed by atoms with Crippen LogP contribution in [-0.4, -0.2) is 43.2 Å². The summed E-state index contributed by atoms with van der Waals surface area (Å²) in [7, 11) is 0. The van der Waals surface area contributed by atoms with Gasteiger partial charge in [0.15, 0.2) is 0 Å². The summed E-state index contributed by atoms with van der Waals surface area (Å²) in [5.41, 5.74) is 0.339. The summed E-state index contributed by atoms with van der Waals surface area (Å²) in [6.45, 7) is 9.24. The second-order valence-corrected chi connectivity index (χ2v) is 10.2. The maximum absolute atomic E-state index is 14.8. The molecule has 29 heavy (non-hydrogen) atoms. The van der Waals surface area contributed by atoms with Gasteiger partial charge >= 0.3 is 0 Å². The predicted molar refractivity (Wildman–Crippen MR) is 113 cm³/mol. The molecule has 1 saturated carbocycles. The molecule has 1 N–H and O–H groups in total. The maximum atomic E-state index is 14.8. The fourth-order valence-corrected chi connectivity index (χ4v) is 4.75. The molecule has 2 fully saturated rings. The Labute approximate surface area is 174 Å². The molecule has 3 rings (SSSR count). The Morgan fingerprint density at radius 1 is 1.28 bits per heavy atom. The van der Waals surface area contributed by atoms with Crippen LogP contribution in [0.4, 0.5) is 8.78 Å². The molecule has 1 saturated heterocycles. The molecule has 162 valence electrons. The molecule has 0 bridgehead atoms. The number of carbonyl (C=O) groups excluding carboxylic acids is 1. The summed E-state index contributed by atoms with van der Waals surface area (Å²) in [5.74, 6) is -0.521. The van der Waals surface area contributed by atoms with Crippen molar-refractivity contribution < 1.29 is 13.6 Å². The molecule has 3 nitrogen and oxygen atoms in total. The summed E-state index contributed by atoms with van der Waals surface area (Å²) in [4.78, 5) is 15.3. The van der Waals surface area contributed by atoms with Crippen molar-refractivity contribution in [2.75, 3.05) is 26.2 Å². The number of rotatable bonds is 6. The highest BCUT2D eigenvalue weighted by Crippen LogP contribution is 2.41. The molecule has 1 aromatic rings. The molecule has 2 aliphatic rings. The van der Waals surface area contributed by atoms with Crippen LogP contribution in [0.2, 0.25) is 0 Å². The van der Waals surface area contributed by atoms with Crippen LogP contribution in [0, 0.1) is 17.2 Å². The second-order valence-electron chi connectivity index (χ2n) is 10.2. The van der Waals surface area contributed by atoms with Gasteiger partial charge in [-0.05, 0) is 61.9 Å². The molecule has 0 radical (unpaired) electrons. The third-order valence-electron chi connectivity index (χ3n) is 6.73. The van der Waals surface area contributed by atoms with Gasteiger partial charge in [0.25, 0.3) is 0 Å². The first-order valence-corrected chi connectivity index (χ1v) is 11.1. The van der Waals surface area contributed by atoms with Gasteiger partial charge in [0.05, 0.1) is 5.41 Å². The van der Waals surface area contributed by atoms with Crippen molar-refractivity contribution in [3.63, 3.8) is 0 Å². The number of alkyl halides is 1. The fraction of sp³-hybridized carbons (Fsp3) is 0.708. The number of nitrogens with zero attached hydrogens (tertiary/aromatic N) is 1. The van der Waals surface area contributed by atoms with Gasteiger partial charge in [0.1, 0.15) is 12.0 Å². The van der Waals surface area contributed by atoms with E-state index in [0.29, 0.717) is 13.1 Å². The summed E-state index contributed by atoms with van der Waals surface area (Å²) in [6.07, 6.45) is 4.27. The second kappa shape index (κ2) is 9.11. The van der Waals surface area contributed by atoms with Crippen LogP contribution in [0.15, 0.2) is 24.3 Å². The molecular weight excluding hydrogens is 370 g/mol. The third-order valence-corrected chi connectivity index (χ3v) is 6.73. The van der Waals surface area contributed by atoms with Gasteiger partial charge in [-0.15, -0.1) is 0 Å². The molecule has 2 atom stereocenters. The first-order valence-electron chi connectivity index (χ1n) is 11.1. The van der Waals surface area contributed by atoms with Crippen molar-refractivity contribution in [1.82, 2.24) is 10.2 Å². The van der Waals surface area contributed by atoms with Crippen molar-refractivity contribution in [3.8, 4) is 0 Å². The third kappa shape index (κ3) is 5.56. The Morgan fingerprint density at radius 2 is 2.00 bits per heavy atom. The molecule has 5 heteroatoms. The topological polar surface area (TPSA) is 32.3 Å². The van der Waals surface area contributed by atoms with Crippen molar-refractivity contribution in [1.29, 1.82) is 0 Å². The first kappa shape index (κ1) is 22.2. The average molecular weight is 407 g/mol. The minimum absolute atomic E-state index is 0.0667. The van der Waals surface area contributed by atoms with Crippen molar-refractivity contribution >= 4 is 5.91 Å². The molecule has 1 amide bonds. The number of hydrogen-bond acceptors (Lipinski definition) is 2. The molecule has 1 aliphatic heterocycles. The highest BCUT2D eigenvalue weighted by Gasteiger charge is 2.43. The van der Waals surface area contributed by atoms with E-state index in [4.69, 9.17) is 0 Å². The number of carbonyl (C=O) groups is 1. The number of halogens is 2. The van der Waals surface area contributed by atoms with E-state index in [9.17, 15) is 13.6 Å². The van der Waals surface area contributed by atoms with E-state index in [1.807, 2.05) is 6.07 Å². The van der Waals surface area contributed by atoms with Crippen LogP contribution >= 0.6 is 0 Å². The van der Waals surface area contributed by atoms with E-state index >= 15 is 0 Å². The van der Waals surface area contributed by atoms with E-state index in [1.165, 1.54) is 12.1 Å². The summed E-state index contributed by atoms with van der Waals surface area (Å²) >= 11 is 0. The molecule has 1 aliphatic carbocycles. The number of amides is 1. The Kier molecular flexibility index (Phi) is 6.98. The zero-order chi connectivity index (χ0) is 21.1. The zero-order valence-corrected chi connectivity index (χ0v) is 18.1.